The van der Waals surface area contributed by atoms with Crippen molar-refractivity contribution in [2.24, 2.45) is 0 Å². The van der Waals surface area contributed by atoms with Crippen molar-refractivity contribution in [2.75, 3.05) is 12.4 Å². The number of hydrogen-bond donors (Lipinski definition) is 1. The van der Waals surface area contributed by atoms with E-state index in [1.54, 1.807) is 0 Å². The van der Waals surface area contributed by atoms with Crippen LogP contribution in [0.2, 0.25) is 5.02 Å². The highest BCUT2D eigenvalue weighted by molar-refractivity contribution is 6.33. The van der Waals surface area contributed by atoms with Crippen LogP contribution in [0.15, 0.2) is 29.1 Å². The number of amides is 1. The summed E-state index contributed by atoms with van der Waals surface area (Å²) in [6.07, 6.45) is 2.51. The molecule has 0 aliphatic rings. The first-order valence-corrected chi connectivity index (χ1v) is 5.45. The summed E-state index contributed by atoms with van der Waals surface area (Å²) in [7, 11) is 1.23. The molecule has 0 radical (unpaired) electrons. The van der Waals surface area contributed by atoms with Crippen LogP contribution in [0.5, 0.6) is 0 Å². The first-order chi connectivity index (χ1) is 9.11. The minimum atomic E-state index is -0.621. The van der Waals surface area contributed by atoms with Crippen molar-refractivity contribution in [3.05, 3.63) is 40.9 Å². The molecule has 2 heterocycles. The minimum absolute atomic E-state index is 0.0939. The Morgan fingerprint density at radius 2 is 2.26 bits per heavy atom. The molecule has 0 saturated heterocycles. The lowest BCUT2D eigenvalue weighted by atomic mass is 10.2. The summed E-state index contributed by atoms with van der Waals surface area (Å²) in [6.45, 7) is 0. The number of ether oxygens (including phenoxy) is 1. The molecule has 0 aliphatic carbocycles. The number of carbonyl (C=O) groups excluding carboxylic acids is 2. The standard InChI is InChI=1S/C11H8ClN3O4/c1-18-11(17)6-4-9(13-5-7(6)12)14-10(16)8-2-3-19-15-8/h2-5H,1H3,(H,13,14,16). The van der Waals surface area contributed by atoms with Crippen LogP contribution in [0, 0.1) is 0 Å². The number of hydrogen-bond acceptors (Lipinski definition) is 6. The molecule has 1 N–H and O–H groups in total. The van der Waals surface area contributed by atoms with E-state index in [4.69, 9.17) is 11.6 Å². The second-order valence-electron chi connectivity index (χ2n) is 3.38. The Hall–Kier alpha value is -2.41. The number of anilines is 1. The molecule has 0 bridgehead atoms. The molecule has 1 amide bonds. The van der Waals surface area contributed by atoms with Crippen LogP contribution in [-0.2, 0) is 4.74 Å². The molecule has 7 nitrogen and oxygen atoms in total. The maximum Gasteiger partial charge on any atom is 0.339 e. The Labute approximate surface area is 112 Å². The molecule has 2 aromatic heterocycles. The normalized spacial score (nSPS) is 10.0. The summed E-state index contributed by atoms with van der Waals surface area (Å²) in [4.78, 5) is 27.0. The molecule has 0 unspecified atom stereocenters. The van der Waals surface area contributed by atoms with Crippen molar-refractivity contribution in [1.29, 1.82) is 0 Å². The predicted molar refractivity (Wildman–Crippen MR) is 65.0 cm³/mol. The van der Waals surface area contributed by atoms with E-state index in [0.717, 1.165) is 0 Å². The van der Waals surface area contributed by atoms with Gasteiger partial charge in [0.15, 0.2) is 5.69 Å². The van der Waals surface area contributed by atoms with Crippen LogP contribution < -0.4 is 5.32 Å². The van der Waals surface area contributed by atoms with Gasteiger partial charge in [-0.15, -0.1) is 0 Å². The number of nitrogens with zero attached hydrogens (tertiary/aromatic N) is 2. The molecule has 8 heteroatoms. The Balaban J connectivity index is 2.22. The number of rotatable bonds is 3. The van der Waals surface area contributed by atoms with E-state index in [-0.39, 0.29) is 22.1 Å². The van der Waals surface area contributed by atoms with E-state index in [9.17, 15) is 9.59 Å². The molecule has 0 saturated carbocycles. The maximum atomic E-state index is 11.7. The van der Waals surface area contributed by atoms with Gasteiger partial charge in [0, 0.05) is 12.3 Å². The van der Waals surface area contributed by atoms with Crippen molar-refractivity contribution in [2.45, 2.75) is 0 Å². The van der Waals surface area contributed by atoms with Crippen molar-refractivity contribution < 1.29 is 18.8 Å². The molecule has 0 fully saturated rings. The van der Waals surface area contributed by atoms with Gasteiger partial charge < -0.3 is 14.6 Å². The SMILES string of the molecule is COC(=O)c1cc(NC(=O)c2ccon2)ncc1Cl. The minimum Gasteiger partial charge on any atom is -0.465 e. The molecule has 2 rings (SSSR count). The number of nitrogens with one attached hydrogen (secondary N) is 1. The van der Waals surface area contributed by atoms with Crippen LogP contribution in [-0.4, -0.2) is 29.1 Å². The second-order valence-corrected chi connectivity index (χ2v) is 3.79. The summed E-state index contributed by atoms with van der Waals surface area (Å²) in [5.74, 6) is -0.985. The van der Waals surface area contributed by atoms with E-state index >= 15 is 0 Å². The lowest BCUT2D eigenvalue weighted by Crippen LogP contribution is -2.14. The number of methoxy groups -OCH3 is 1. The summed E-state index contributed by atoms with van der Waals surface area (Å²) in [5.41, 5.74) is 0.200. The van der Waals surface area contributed by atoms with Crippen LogP contribution >= 0.6 is 11.6 Å². The molecule has 0 aliphatic heterocycles. The Morgan fingerprint density at radius 3 is 2.89 bits per heavy atom. The largest absolute Gasteiger partial charge is 0.465 e. The molecule has 98 valence electrons. The third kappa shape index (κ3) is 2.89. The fourth-order valence-electron chi connectivity index (χ4n) is 1.28. The molecule has 0 spiro atoms. The lowest BCUT2D eigenvalue weighted by molar-refractivity contribution is 0.0600. The van der Waals surface area contributed by atoms with Gasteiger partial charge in [-0.2, -0.15) is 0 Å². The van der Waals surface area contributed by atoms with Gasteiger partial charge in [-0.3, -0.25) is 4.79 Å². The number of aromatic nitrogens is 2. The van der Waals surface area contributed by atoms with Gasteiger partial charge >= 0.3 is 5.97 Å². The van der Waals surface area contributed by atoms with Crippen LogP contribution in [0.1, 0.15) is 20.8 Å². The van der Waals surface area contributed by atoms with E-state index in [0.29, 0.717) is 0 Å². The van der Waals surface area contributed by atoms with Crippen molar-refractivity contribution >= 4 is 29.3 Å². The third-order valence-corrected chi connectivity index (χ3v) is 2.47. The molecule has 0 aromatic carbocycles. The number of halogens is 1. The monoisotopic (exact) mass is 281 g/mol. The summed E-state index contributed by atoms with van der Waals surface area (Å²) in [6, 6.07) is 2.71. The smallest absolute Gasteiger partial charge is 0.339 e. The second kappa shape index (κ2) is 5.49. The lowest BCUT2D eigenvalue weighted by Gasteiger charge is -2.05. The molecule has 2 aromatic rings. The van der Waals surface area contributed by atoms with Crippen molar-refractivity contribution in [3.8, 4) is 0 Å². The number of esters is 1. The van der Waals surface area contributed by atoms with Gasteiger partial charge in [0.2, 0.25) is 0 Å². The van der Waals surface area contributed by atoms with Gasteiger partial charge in [0.25, 0.3) is 5.91 Å². The van der Waals surface area contributed by atoms with Gasteiger partial charge in [0.1, 0.15) is 12.1 Å². The van der Waals surface area contributed by atoms with Gasteiger partial charge in [0.05, 0.1) is 17.7 Å². The Morgan fingerprint density at radius 1 is 1.47 bits per heavy atom. The van der Waals surface area contributed by atoms with E-state index < -0.39 is 11.9 Å². The van der Waals surface area contributed by atoms with Crippen LogP contribution in [0.4, 0.5) is 5.82 Å². The number of carbonyl (C=O) groups is 2. The highest BCUT2D eigenvalue weighted by Gasteiger charge is 2.15. The van der Waals surface area contributed by atoms with Gasteiger partial charge in [-0.1, -0.05) is 16.8 Å². The highest BCUT2D eigenvalue weighted by atomic mass is 35.5. The van der Waals surface area contributed by atoms with Gasteiger partial charge in [-0.05, 0) is 6.07 Å². The fraction of sp³-hybridized carbons (Fsp3) is 0.0909. The Kier molecular flexibility index (Phi) is 3.76. The third-order valence-electron chi connectivity index (χ3n) is 2.17. The van der Waals surface area contributed by atoms with E-state index in [2.05, 4.69) is 24.7 Å². The molecule has 19 heavy (non-hydrogen) atoms. The Bertz CT molecular complexity index is 612. The maximum absolute atomic E-state index is 11.7. The molecular formula is C11H8ClN3O4. The molecule has 0 atom stereocenters. The van der Waals surface area contributed by atoms with Gasteiger partial charge in [-0.25, -0.2) is 9.78 Å². The van der Waals surface area contributed by atoms with E-state index in [1.165, 1.54) is 31.7 Å². The summed E-state index contributed by atoms with van der Waals surface area (Å²) < 4.78 is 9.10. The zero-order valence-corrected chi connectivity index (χ0v) is 10.5. The predicted octanol–water partition coefficient (Wildman–Crippen LogP) is 1.76. The highest BCUT2D eigenvalue weighted by Crippen LogP contribution is 2.19. The first-order valence-electron chi connectivity index (χ1n) is 5.07. The quantitative estimate of drug-likeness (QED) is 0.862. The van der Waals surface area contributed by atoms with Crippen molar-refractivity contribution in [3.63, 3.8) is 0 Å². The zero-order valence-electron chi connectivity index (χ0n) is 9.71. The summed E-state index contributed by atoms with van der Waals surface area (Å²) in [5, 5.41) is 6.05. The van der Waals surface area contributed by atoms with E-state index in [1.807, 2.05) is 0 Å². The van der Waals surface area contributed by atoms with Crippen LogP contribution in [0.25, 0.3) is 0 Å². The fourth-order valence-corrected chi connectivity index (χ4v) is 1.46. The zero-order chi connectivity index (χ0) is 13.8. The average Bonchev–Trinajstić information content (AvgIpc) is 2.94. The van der Waals surface area contributed by atoms with Crippen molar-refractivity contribution in [1.82, 2.24) is 10.1 Å². The first kappa shape index (κ1) is 13.0. The number of pyridine rings is 1. The molecular weight excluding hydrogens is 274 g/mol. The topological polar surface area (TPSA) is 94.3 Å². The average molecular weight is 282 g/mol. The van der Waals surface area contributed by atoms with Crippen LogP contribution in [0.3, 0.4) is 0 Å². The summed E-state index contributed by atoms with van der Waals surface area (Å²) >= 11 is 5.80.